The Balaban J connectivity index is 2.58. The highest BCUT2D eigenvalue weighted by molar-refractivity contribution is 7.98. The molecular formula is C6H10N4S2. The van der Waals surface area contributed by atoms with E-state index in [4.69, 9.17) is 18.0 Å². The first kappa shape index (κ1) is 9.47. The number of hydrogen-bond donors (Lipinski definition) is 1. The van der Waals surface area contributed by atoms with Crippen molar-refractivity contribution in [3.8, 4) is 0 Å². The molecule has 0 aliphatic carbocycles. The molecule has 66 valence electrons. The van der Waals surface area contributed by atoms with Gasteiger partial charge in [-0.05, 0) is 6.26 Å². The molecule has 0 aliphatic heterocycles. The summed E-state index contributed by atoms with van der Waals surface area (Å²) in [7, 11) is 0. The second-order valence-corrected chi connectivity index (χ2v) is 3.61. The predicted molar refractivity (Wildman–Crippen MR) is 54.3 cm³/mol. The Kier molecular flexibility index (Phi) is 3.48. The maximum atomic E-state index is 5.34. The minimum atomic E-state index is 0.248. The summed E-state index contributed by atoms with van der Waals surface area (Å²) in [5.74, 6) is 1.46. The van der Waals surface area contributed by atoms with Crippen molar-refractivity contribution in [2.24, 2.45) is 5.73 Å². The average Bonchev–Trinajstić information content (AvgIpc) is 2.48. The van der Waals surface area contributed by atoms with Crippen LogP contribution in [0.1, 0.15) is 5.82 Å². The van der Waals surface area contributed by atoms with E-state index in [1.54, 1.807) is 22.8 Å². The highest BCUT2D eigenvalue weighted by Gasteiger charge is 2.01. The van der Waals surface area contributed by atoms with Crippen LogP contribution in [0.15, 0.2) is 6.33 Å². The van der Waals surface area contributed by atoms with Gasteiger partial charge in [0.15, 0.2) is 0 Å². The molecule has 0 bridgehead atoms. The summed E-state index contributed by atoms with van der Waals surface area (Å²) in [5.41, 5.74) is 5.34. The minimum Gasteiger partial charge on any atom is -0.387 e. The fourth-order valence-electron chi connectivity index (χ4n) is 0.700. The van der Waals surface area contributed by atoms with Crippen molar-refractivity contribution in [3.05, 3.63) is 12.2 Å². The normalized spacial score (nSPS) is 10.1. The van der Waals surface area contributed by atoms with Crippen LogP contribution in [0.5, 0.6) is 0 Å². The number of hydrogen-bond acceptors (Lipinski definition) is 4. The van der Waals surface area contributed by atoms with Crippen molar-refractivity contribution < 1.29 is 0 Å². The van der Waals surface area contributed by atoms with Crippen LogP contribution in [-0.4, -0.2) is 31.8 Å². The molecule has 0 saturated heterocycles. The largest absolute Gasteiger partial charge is 0.387 e. The maximum absolute atomic E-state index is 5.34. The smallest absolute Gasteiger partial charge is 0.208 e. The molecular weight excluding hydrogens is 192 g/mol. The van der Waals surface area contributed by atoms with E-state index >= 15 is 0 Å². The van der Waals surface area contributed by atoms with Crippen molar-refractivity contribution in [3.63, 3.8) is 0 Å². The monoisotopic (exact) mass is 202 g/mol. The maximum Gasteiger partial charge on any atom is 0.208 e. The summed E-state index contributed by atoms with van der Waals surface area (Å²) in [6.45, 7) is 0.844. The summed E-state index contributed by atoms with van der Waals surface area (Å²) >= 11 is 6.48. The van der Waals surface area contributed by atoms with Gasteiger partial charge in [-0.3, -0.25) is 4.68 Å². The first-order chi connectivity index (χ1) is 5.74. The van der Waals surface area contributed by atoms with Crippen LogP contribution >= 0.6 is 24.0 Å². The van der Waals surface area contributed by atoms with Crippen LogP contribution in [0.25, 0.3) is 0 Å². The number of nitrogens with two attached hydrogens (primary N) is 1. The number of aryl methyl sites for hydroxylation is 1. The Hall–Kier alpha value is -0.620. The molecule has 0 amide bonds. The zero-order chi connectivity index (χ0) is 8.97. The van der Waals surface area contributed by atoms with Crippen LogP contribution in [0.3, 0.4) is 0 Å². The van der Waals surface area contributed by atoms with E-state index < -0.39 is 0 Å². The third-order valence-corrected chi connectivity index (χ3v) is 2.05. The Morgan fingerprint density at radius 2 is 2.58 bits per heavy atom. The zero-order valence-corrected chi connectivity index (χ0v) is 8.36. The molecule has 0 fully saturated rings. The molecule has 1 heterocycles. The third kappa shape index (κ3) is 2.46. The molecule has 12 heavy (non-hydrogen) atoms. The standard InChI is InChI=1S/C6H10N4S2/c1-12-3-2-10-4-8-6(9-10)5(7)11/h4H,2-3H2,1H3,(H2,7,11). The van der Waals surface area contributed by atoms with E-state index in [1.165, 1.54) is 0 Å². The van der Waals surface area contributed by atoms with E-state index in [0.29, 0.717) is 5.82 Å². The van der Waals surface area contributed by atoms with E-state index in [9.17, 15) is 0 Å². The number of thioether (sulfide) groups is 1. The quantitative estimate of drug-likeness (QED) is 0.711. The summed E-state index contributed by atoms with van der Waals surface area (Å²) < 4.78 is 1.74. The van der Waals surface area contributed by atoms with Crippen LogP contribution in [0, 0.1) is 0 Å². The van der Waals surface area contributed by atoms with Crippen molar-refractivity contribution in [2.75, 3.05) is 12.0 Å². The van der Waals surface area contributed by atoms with Gasteiger partial charge in [-0.25, -0.2) is 4.98 Å². The molecule has 6 heteroatoms. The van der Waals surface area contributed by atoms with Gasteiger partial charge in [0.05, 0.1) is 6.54 Å². The van der Waals surface area contributed by atoms with Gasteiger partial charge in [-0.1, -0.05) is 12.2 Å². The molecule has 0 unspecified atom stereocenters. The van der Waals surface area contributed by atoms with E-state index in [-0.39, 0.29) is 4.99 Å². The Labute approximate surface area is 80.5 Å². The SMILES string of the molecule is CSCCn1cnc(C(N)=S)n1. The van der Waals surface area contributed by atoms with Crippen molar-refractivity contribution in [1.29, 1.82) is 0 Å². The molecule has 0 atom stereocenters. The summed E-state index contributed by atoms with van der Waals surface area (Å²) in [6.07, 6.45) is 3.69. The molecule has 0 aliphatic rings. The summed E-state index contributed by atoms with van der Waals surface area (Å²) in [4.78, 5) is 4.19. The van der Waals surface area contributed by atoms with Gasteiger partial charge in [-0.15, -0.1) is 5.10 Å². The molecule has 0 radical (unpaired) electrons. The Morgan fingerprint density at radius 1 is 1.83 bits per heavy atom. The number of rotatable bonds is 4. The minimum absolute atomic E-state index is 0.248. The third-order valence-electron chi connectivity index (χ3n) is 1.28. The fraction of sp³-hybridized carbons (Fsp3) is 0.500. The van der Waals surface area contributed by atoms with E-state index in [0.717, 1.165) is 12.3 Å². The van der Waals surface area contributed by atoms with Gasteiger partial charge >= 0.3 is 0 Å². The van der Waals surface area contributed by atoms with E-state index in [2.05, 4.69) is 10.1 Å². The fourth-order valence-corrected chi connectivity index (χ4v) is 1.16. The van der Waals surface area contributed by atoms with Crippen LogP contribution in [-0.2, 0) is 6.54 Å². The van der Waals surface area contributed by atoms with E-state index in [1.807, 2.05) is 6.26 Å². The lowest BCUT2D eigenvalue weighted by Crippen LogP contribution is -2.12. The van der Waals surface area contributed by atoms with Crippen molar-refractivity contribution in [1.82, 2.24) is 14.8 Å². The molecule has 0 aromatic carbocycles. The lowest BCUT2D eigenvalue weighted by Gasteiger charge is -1.95. The summed E-state index contributed by atoms with van der Waals surface area (Å²) in [5, 5.41) is 4.07. The topological polar surface area (TPSA) is 56.7 Å². The van der Waals surface area contributed by atoms with Crippen LogP contribution < -0.4 is 5.73 Å². The second-order valence-electron chi connectivity index (χ2n) is 2.19. The Bertz CT molecular complexity index is 270. The number of aromatic nitrogens is 3. The van der Waals surface area contributed by atoms with Gasteiger partial charge in [-0.2, -0.15) is 11.8 Å². The molecule has 4 nitrogen and oxygen atoms in total. The molecule has 1 aromatic rings. The van der Waals surface area contributed by atoms with Crippen molar-refractivity contribution >= 4 is 29.0 Å². The lowest BCUT2D eigenvalue weighted by atomic mass is 10.6. The second kappa shape index (κ2) is 4.42. The van der Waals surface area contributed by atoms with Gasteiger partial charge in [0.2, 0.25) is 5.82 Å². The van der Waals surface area contributed by atoms with Gasteiger partial charge in [0.25, 0.3) is 0 Å². The molecule has 0 saturated carbocycles. The molecule has 2 N–H and O–H groups in total. The predicted octanol–water partition coefficient (Wildman–Crippen LogP) is 0.275. The summed E-state index contributed by atoms with van der Waals surface area (Å²) in [6, 6.07) is 0. The first-order valence-electron chi connectivity index (χ1n) is 3.42. The highest BCUT2D eigenvalue weighted by Crippen LogP contribution is 1.95. The zero-order valence-electron chi connectivity index (χ0n) is 6.73. The average molecular weight is 202 g/mol. The lowest BCUT2D eigenvalue weighted by molar-refractivity contribution is 0.663. The van der Waals surface area contributed by atoms with Crippen molar-refractivity contribution in [2.45, 2.75) is 6.54 Å². The van der Waals surface area contributed by atoms with Gasteiger partial charge < -0.3 is 5.73 Å². The molecule has 1 rings (SSSR count). The first-order valence-corrected chi connectivity index (χ1v) is 5.22. The number of nitrogens with zero attached hydrogens (tertiary/aromatic N) is 3. The van der Waals surface area contributed by atoms with Gasteiger partial charge in [0.1, 0.15) is 11.3 Å². The van der Waals surface area contributed by atoms with Crippen LogP contribution in [0.4, 0.5) is 0 Å². The highest BCUT2D eigenvalue weighted by atomic mass is 32.2. The van der Waals surface area contributed by atoms with Crippen LogP contribution in [0.2, 0.25) is 0 Å². The number of thiocarbonyl (C=S) groups is 1. The molecule has 1 aromatic heterocycles. The molecule has 0 spiro atoms. The Morgan fingerprint density at radius 3 is 3.08 bits per heavy atom. The van der Waals surface area contributed by atoms with Gasteiger partial charge in [0, 0.05) is 5.75 Å².